The normalized spacial score (nSPS) is 16.5. The number of rotatable bonds is 3. The summed E-state index contributed by atoms with van der Waals surface area (Å²) in [6, 6.07) is 15.3. The summed E-state index contributed by atoms with van der Waals surface area (Å²) < 4.78 is 5.16. The molecule has 108 valence electrons. The van der Waals surface area contributed by atoms with Crippen LogP contribution in [0, 0.1) is 0 Å². The van der Waals surface area contributed by atoms with Crippen LogP contribution >= 0.6 is 0 Å². The molecule has 1 unspecified atom stereocenters. The van der Waals surface area contributed by atoms with Crippen LogP contribution in [0.15, 0.2) is 48.5 Å². The van der Waals surface area contributed by atoms with E-state index in [0.717, 1.165) is 30.0 Å². The van der Waals surface area contributed by atoms with Crippen molar-refractivity contribution < 1.29 is 9.53 Å². The van der Waals surface area contributed by atoms with E-state index < -0.39 is 0 Å². The molecule has 21 heavy (non-hydrogen) atoms. The van der Waals surface area contributed by atoms with Crippen LogP contribution in [-0.2, 0) is 11.2 Å². The van der Waals surface area contributed by atoms with Crippen molar-refractivity contribution in [1.29, 1.82) is 0 Å². The zero-order valence-electron chi connectivity index (χ0n) is 11.9. The Morgan fingerprint density at radius 1 is 1.24 bits per heavy atom. The monoisotopic (exact) mass is 282 g/mol. The topological polar surface area (TPSA) is 50.4 Å². The molecule has 2 aromatic carbocycles. The number of benzene rings is 2. The van der Waals surface area contributed by atoms with E-state index in [0.29, 0.717) is 0 Å². The van der Waals surface area contributed by atoms with Crippen LogP contribution in [-0.4, -0.2) is 19.1 Å². The van der Waals surface area contributed by atoms with Gasteiger partial charge < -0.3 is 15.4 Å². The van der Waals surface area contributed by atoms with E-state index in [1.807, 2.05) is 42.5 Å². The van der Waals surface area contributed by atoms with Gasteiger partial charge in [-0.2, -0.15) is 0 Å². The van der Waals surface area contributed by atoms with Gasteiger partial charge in [0.05, 0.1) is 7.11 Å². The first kappa shape index (κ1) is 13.5. The Bertz CT molecular complexity index is 655. The van der Waals surface area contributed by atoms with Crippen molar-refractivity contribution in [2.24, 2.45) is 0 Å². The van der Waals surface area contributed by atoms with Gasteiger partial charge in [-0.25, -0.2) is 0 Å². The number of carbonyl (C=O) groups is 1. The highest BCUT2D eigenvalue weighted by Crippen LogP contribution is 2.25. The quantitative estimate of drug-likeness (QED) is 0.909. The Balaban J connectivity index is 1.69. The van der Waals surface area contributed by atoms with Crippen LogP contribution in [0.25, 0.3) is 0 Å². The molecule has 0 saturated carbocycles. The maximum Gasteiger partial charge on any atom is 0.246 e. The van der Waals surface area contributed by atoms with Crippen molar-refractivity contribution in [2.45, 2.75) is 18.9 Å². The molecule has 0 aliphatic carbocycles. The number of amides is 1. The Morgan fingerprint density at radius 3 is 2.95 bits per heavy atom. The molecule has 0 bridgehead atoms. The summed E-state index contributed by atoms with van der Waals surface area (Å²) >= 11 is 0. The third kappa shape index (κ3) is 2.99. The van der Waals surface area contributed by atoms with Gasteiger partial charge in [-0.15, -0.1) is 0 Å². The number of hydrogen-bond donors (Lipinski definition) is 2. The molecule has 4 heteroatoms. The lowest BCUT2D eigenvalue weighted by Gasteiger charge is -2.26. The second kappa shape index (κ2) is 5.87. The van der Waals surface area contributed by atoms with Crippen LogP contribution in [0.3, 0.4) is 0 Å². The third-order valence-corrected chi connectivity index (χ3v) is 3.70. The summed E-state index contributed by atoms with van der Waals surface area (Å²) in [4.78, 5) is 12.4. The van der Waals surface area contributed by atoms with Gasteiger partial charge in [-0.1, -0.05) is 24.3 Å². The molecule has 1 aliphatic rings. The fourth-order valence-electron chi connectivity index (χ4n) is 2.57. The predicted molar refractivity (Wildman–Crippen MR) is 83.8 cm³/mol. The first-order valence-electron chi connectivity index (χ1n) is 7.05. The SMILES string of the molecule is COc1cccc(NC(=O)C2CCc3ccccc3N2)c1. The van der Waals surface area contributed by atoms with E-state index in [9.17, 15) is 4.79 Å². The Labute approximate surface area is 124 Å². The second-order valence-corrected chi connectivity index (χ2v) is 5.11. The van der Waals surface area contributed by atoms with Gasteiger partial charge in [-0.3, -0.25) is 4.79 Å². The molecule has 0 fully saturated rings. The maximum absolute atomic E-state index is 12.4. The molecule has 0 spiro atoms. The molecular formula is C17H18N2O2. The standard InChI is InChI=1S/C17H18N2O2/c1-21-14-7-4-6-13(11-14)18-17(20)16-10-9-12-5-2-3-8-15(12)19-16/h2-8,11,16,19H,9-10H2,1H3,(H,18,20). The van der Waals surface area contributed by atoms with Gasteiger partial charge in [0.15, 0.2) is 0 Å². The zero-order chi connectivity index (χ0) is 14.7. The number of para-hydroxylation sites is 1. The van der Waals surface area contributed by atoms with E-state index in [2.05, 4.69) is 16.7 Å². The number of aryl methyl sites for hydroxylation is 1. The first-order valence-corrected chi connectivity index (χ1v) is 7.05. The summed E-state index contributed by atoms with van der Waals surface area (Å²) in [6.07, 6.45) is 1.71. The van der Waals surface area contributed by atoms with E-state index >= 15 is 0 Å². The van der Waals surface area contributed by atoms with Gasteiger partial charge in [0, 0.05) is 17.4 Å². The third-order valence-electron chi connectivity index (χ3n) is 3.70. The van der Waals surface area contributed by atoms with Gasteiger partial charge in [-0.05, 0) is 36.6 Å². The fourth-order valence-corrected chi connectivity index (χ4v) is 2.57. The van der Waals surface area contributed by atoms with E-state index in [-0.39, 0.29) is 11.9 Å². The number of nitrogens with one attached hydrogen (secondary N) is 2. The smallest absolute Gasteiger partial charge is 0.246 e. The number of fused-ring (bicyclic) bond motifs is 1. The minimum atomic E-state index is -0.203. The number of methoxy groups -OCH3 is 1. The molecule has 2 aromatic rings. The highest BCUT2D eigenvalue weighted by molar-refractivity contribution is 5.97. The molecule has 0 aromatic heterocycles. The fraction of sp³-hybridized carbons (Fsp3) is 0.235. The lowest BCUT2D eigenvalue weighted by molar-refractivity contribution is -0.117. The van der Waals surface area contributed by atoms with Gasteiger partial charge in [0.25, 0.3) is 0 Å². The lowest BCUT2D eigenvalue weighted by atomic mass is 9.97. The summed E-state index contributed by atoms with van der Waals surface area (Å²) in [7, 11) is 1.61. The number of ether oxygens (including phenoxy) is 1. The molecule has 0 radical (unpaired) electrons. The zero-order valence-corrected chi connectivity index (χ0v) is 11.9. The minimum absolute atomic E-state index is 0.0160. The molecule has 0 saturated heterocycles. The van der Waals surface area contributed by atoms with E-state index in [4.69, 9.17) is 4.74 Å². The largest absolute Gasteiger partial charge is 0.497 e. The Hall–Kier alpha value is -2.49. The molecule has 2 N–H and O–H groups in total. The maximum atomic E-state index is 12.4. The molecular weight excluding hydrogens is 264 g/mol. The lowest BCUT2D eigenvalue weighted by Crippen LogP contribution is -2.37. The van der Waals surface area contributed by atoms with Crippen molar-refractivity contribution in [2.75, 3.05) is 17.7 Å². The highest BCUT2D eigenvalue weighted by Gasteiger charge is 2.23. The van der Waals surface area contributed by atoms with Crippen molar-refractivity contribution in [1.82, 2.24) is 0 Å². The first-order chi connectivity index (χ1) is 10.3. The van der Waals surface area contributed by atoms with Gasteiger partial charge in [0.2, 0.25) is 5.91 Å². The number of hydrogen-bond acceptors (Lipinski definition) is 3. The van der Waals surface area contributed by atoms with Crippen molar-refractivity contribution in [3.8, 4) is 5.75 Å². The molecule has 1 atom stereocenters. The molecule has 1 amide bonds. The van der Waals surface area contributed by atoms with Crippen molar-refractivity contribution in [3.05, 3.63) is 54.1 Å². The number of carbonyl (C=O) groups excluding carboxylic acids is 1. The average Bonchev–Trinajstić information content (AvgIpc) is 2.54. The van der Waals surface area contributed by atoms with Crippen molar-refractivity contribution >= 4 is 17.3 Å². The summed E-state index contributed by atoms with van der Waals surface area (Å²) in [5.41, 5.74) is 3.07. The number of anilines is 2. The van der Waals surface area contributed by atoms with Crippen molar-refractivity contribution in [3.63, 3.8) is 0 Å². The van der Waals surface area contributed by atoms with Crippen LogP contribution in [0.1, 0.15) is 12.0 Å². The van der Waals surface area contributed by atoms with Crippen LogP contribution in [0.4, 0.5) is 11.4 Å². The molecule has 3 rings (SSSR count). The van der Waals surface area contributed by atoms with Crippen LogP contribution in [0.2, 0.25) is 0 Å². The molecule has 4 nitrogen and oxygen atoms in total. The summed E-state index contributed by atoms with van der Waals surface area (Å²) in [6.45, 7) is 0. The van der Waals surface area contributed by atoms with Crippen LogP contribution < -0.4 is 15.4 Å². The highest BCUT2D eigenvalue weighted by atomic mass is 16.5. The average molecular weight is 282 g/mol. The predicted octanol–water partition coefficient (Wildman–Crippen LogP) is 3.06. The minimum Gasteiger partial charge on any atom is -0.497 e. The second-order valence-electron chi connectivity index (χ2n) is 5.11. The van der Waals surface area contributed by atoms with Crippen LogP contribution in [0.5, 0.6) is 5.75 Å². The Morgan fingerprint density at radius 2 is 2.10 bits per heavy atom. The summed E-state index contributed by atoms with van der Waals surface area (Å²) in [5, 5.41) is 6.24. The van der Waals surface area contributed by atoms with Gasteiger partial charge in [0.1, 0.15) is 11.8 Å². The summed E-state index contributed by atoms with van der Waals surface area (Å²) in [5.74, 6) is 0.715. The van der Waals surface area contributed by atoms with E-state index in [1.165, 1.54) is 5.56 Å². The molecule has 1 heterocycles. The van der Waals surface area contributed by atoms with Gasteiger partial charge >= 0.3 is 0 Å². The van der Waals surface area contributed by atoms with E-state index in [1.54, 1.807) is 7.11 Å². The molecule has 1 aliphatic heterocycles. The Kier molecular flexibility index (Phi) is 3.77.